The number of benzene rings is 3. The minimum absolute atomic E-state index is 0.0947. The van der Waals surface area contributed by atoms with Gasteiger partial charge in [-0.2, -0.15) is 8.42 Å². The van der Waals surface area contributed by atoms with Crippen LogP contribution in [0.3, 0.4) is 0 Å². The lowest BCUT2D eigenvalue weighted by Crippen LogP contribution is -2.30. The quantitative estimate of drug-likeness (QED) is 0.102. The van der Waals surface area contributed by atoms with Crippen LogP contribution in [0.15, 0.2) is 64.9 Å². The topological polar surface area (TPSA) is 130 Å². The van der Waals surface area contributed by atoms with Crippen LogP contribution in [0.2, 0.25) is 0 Å². The number of hydrogen-bond donors (Lipinski definition) is 3. The molecule has 3 aromatic carbocycles. The Balaban J connectivity index is 2.21. The van der Waals surface area contributed by atoms with E-state index in [4.69, 9.17) is 8.71 Å². The van der Waals surface area contributed by atoms with Crippen LogP contribution < -0.4 is 4.52 Å². The van der Waals surface area contributed by atoms with E-state index in [-0.39, 0.29) is 55.4 Å². The molecule has 0 saturated carbocycles. The number of phosphoric ester groups is 1. The van der Waals surface area contributed by atoms with E-state index in [1.807, 2.05) is 0 Å². The zero-order valence-electron chi connectivity index (χ0n) is 17.1. The number of rotatable bonds is 4. The van der Waals surface area contributed by atoms with Crippen LogP contribution in [0.4, 0.5) is 0 Å². The summed E-state index contributed by atoms with van der Waals surface area (Å²) in [7, 11) is -9.34. The van der Waals surface area contributed by atoms with Crippen LogP contribution >= 0.6 is 135 Å². The zero-order chi connectivity index (χ0) is 27.8. The fourth-order valence-corrected chi connectivity index (χ4v) is 11.7. The smallest absolute Gasteiger partial charge is 0.506 e. The minimum Gasteiger partial charge on any atom is -0.506 e. The second-order valence-corrected chi connectivity index (χ2v) is 16.6. The summed E-state index contributed by atoms with van der Waals surface area (Å²) >= 11 is 26.8. The maximum absolute atomic E-state index is 13.6. The molecule has 198 valence electrons. The summed E-state index contributed by atoms with van der Waals surface area (Å²) in [4.78, 5) is 18.5. The highest BCUT2D eigenvalue weighted by atomic mass is 79.9. The standard InChI is InChI=1S/C19H7Br8O8PS/c20-7-1-5(2-8(21)16(7)28)19(6-3-9(22)17(10(23)4-6)34-36(29,30)31)11-12(24)13(25)14(26)15(27)18(11)37(32,33)35-19/h1-4,28H,(H2,29,30,31). The van der Waals surface area contributed by atoms with Gasteiger partial charge in [-0.25, -0.2) is 8.75 Å². The van der Waals surface area contributed by atoms with Crippen molar-refractivity contribution >= 4 is 145 Å². The fourth-order valence-electron chi connectivity index (χ4n) is 3.70. The number of hydrogen-bond acceptors (Lipinski definition) is 6. The summed E-state index contributed by atoms with van der Waals surface area (Å²) < 4.78 is 51.6. The second kappa shape index (κ2) is 10.8. The van der Waals surface area contributed by atoms with Crippen molar-refractivity contribution in [1.82, 2.24) is 0 Å². The van der Waals surface area contributed by atoms with E-state index >= 15 is 0 Å². The largest absolute Gasteiger partial charge is 0.524 e. The molecule has 1 aliphatic rings. The molecule has 0 amide bonds. The van der Waals surface area contributed by atoms with E-state index in [0.29, 0.717) is 13.4 Å². The summed E-state index contributed by atoms with van der Waals surface area (Å²) in [5.41, 5.74) is -1.14. The first-order chi connectivity index (χ1) is 16.9. The molecule has 0 radical (unpaired) electrons. The van der Waals surface area contributed by atoms with Gasteiger partial charge in [-0.1, -0.05) is 0 Å². The first-order valence-electron chi connectivity index (χ1n) is 9.17. The molecule has 3 aromatic rings. The Morgan fingerprint density at radius 3 is 1.65 bits per heavy atom. The predicted molar refractivity (Wildman–Crippen MR) is 163 cm³/mol. The lowest BCUT2D eigenvalue weighted by Gasteiger charge is -2.31. The maximum atomic E-state index is 13.6. The van der Waals surface area contributed by atoms with Crippen LogP contribution in [0, 0.1) is 0 Å². The third-order valence-corrected chi connectivity index (χ3v) is 14.3. The molecular weight excluding hydrogens is 1060 g/mol. The number of phenols is 1. The van der Waals surface area contributed by atoms with Gasteiger partial charge in [-0.05, 0) is 163 Å². The zero-order valence-corrected chi connectivity index (χ0v) is 31.5. The molecule has 37 heavy (non-hydrogen) atoms. The average molecular weight is 1070 g/mol. The van der Waals surface area contributed by atoms with E-state index in [1.165, 1.54) is 24.3 Å². The summed E-state index contributed by atoms with van der Waals surface area (Å²) in [5.74, 6) is -0.330. The minimum atomic E-state index is -4.93. The van der Waals surface area contributed by atoms with E-state index in [2.05, 4.69) is 127 Å². The Bertz CT molecular complexity index is 1610. The number of phenolic OH excluding ortho intramolecular Hbond substituents is 1. The van der Waals surface area contributed by atoms with Crippen molar-refractivity contribution in [2.45, 2.75) is 10.5 Å². The molecule has 1 aliphatic heterocycles. The van der Waals surface area contributed by atoms with Crippen LogP contribution in [-0.2, 0) is 24.5 Å². The van der Waals surface area contributed by atoms with Gasteiger partial charge in [0.15, 0.2) is 11.4 Å². The van der Waals surface area contributed by atoms with Crippen LogP contribution in [0.1, 0.15) is 16.7 Å². The Morgan fingerprint density at radius 1 is 0.757 bits per heavy atom. The summed E-state index contributed by atoms with van der Waals surface area (Å²) in [5, 5.41) is 10.3. The molecule has 1 heterocycles. The Hall–Kier alpha value is 1.16. The second-order valence-electron chi connectivity index (χ2n) is 7.32. The van der Waals surface area contributed by atoms with Gasteiger partial charge >= 0.3 is 7.82 Å². The predicted octanol–water partition coefficient (Wildman–Crippen LogP) is 8.97. The molecular formula is C19H7Br8O8PS. The molecule has 0 fully saturated rings. The van der Waals surface area contributed by atoms with Crippen molar-refractivity contribution in [2.75, 3.05) is 0 Å². The van der Waals surface area contributed by atoms with E-state index in [0.717, 1.165) is 0 Å². The van der Waals surface area contributed by atoms with Gasteiger partial charge in [0.1, 0.15) is 10.6 Å². The van der Waals surface area contributed by atoms with Gasteiger partial charge < -0.3 is 9.63 Å². The molecule has 3 N–H and O–H groups in total. The van der Waals surface area contributed by atoms with Crippen LogP contribution in [0.5, 0.6) is 11.5 Å². The van der Waals surface area contributed by atoms with Crippen LogP contribution in [-0.4, -0.2) is 23.3 Å². The lowest BCUT2D eigenvalue weighted by molar-refractivity contribution is 0.179. The van der Waals surface area contributed by atoms with Crippen molar-refractivity contribution in [3.05, 3.63) is 76.7 Å². The summed E-state index contributed by atoms with van der Waals surface area (Å²) in [6.45, 7) is 0. The molecule has 0 aliphatic carbocycles. The van der Waals surface area contributed by atoms with E-state index in [9.17, 15) is 27.9 Å². The highest BCUT2D eigenvalue weighted by molar-refractivity contribution is 9.15. The molecule has 8 nitrogen and oxygen atoms in total. The lowest BCUT2D eigenvalue weighted by atomic mass is 9.80. The van der Waals surface area contributed by atoms with Gasteiger partial charge in [-0.3, -0.25) is 9.79 Å². The third-order valence-electron chi connectivity index (χ3n) is 5.10. The number of aromatic hydroxyl groups is 1. The van der Waals surface area contributed by atoms with Crippen LogP contribution in [0.25, 0.3) is 0 Å². The monoisotopic (exact) mass is 1060 g/mol. The SMILES string of the molecule is O=P(O)(O)Oc1c(Br)cc(C2(c3cc(Br)c(O)c(Br)c3)OS(=O)(=O)c3c(Br)c(Br)c(Br)c(Br)c32)cc1Br. The average Bonchev–Trinajstić information content (AvgIpc) is 3.04. The van der Waals surface area contributed by atoms with E-state index < -0.39 is 23.5 Å². The fraction of sp³-hybridized carbons (Fsp3) is 0.0526. The molecule has 0 bridgehead atoms. The van der Waals surface area contributed by atoms with E-state index in [1.54, 1.807) is 0 Å². The molecule has 4 rings (SSSR count). The van der Waals surface area contributed by atoms with Crippen molar-refractivity contribution in [3.63, 3.8) is 0 Å². The number of phosphoric acid groups is 1. The maximum Gasteiger partial charge on any atom is 0.524 e. The highest BCUT2D eigenvalue weighted by Crippen LogP contribution is 2.60. The molecule has 18 heteroatoms. The molecule has 0 saturated heterocycles. The van der Waals surface area contributed by atoms with Crippen molar-refractivity contribution in [2.24, 2.45) is 0 Å². The van der Waals surface area contributed by atoms with Crippen molar-refractivity contribution < 1.29 is 36.6 Å². The Kier molecular flexibility index (Phi) is 9.06. The molecule has 1 unspecified atom stereocenters. The molecule has 1 atom stereocenters. The van der Waals surface area contributed by atoms with Gasteiger partial charge in [0.05, 0.1) is 22.4 Å². The first-order valence-corrected chi connectivity index (χ1v) is 18.5. The summed E-state index contributed by atoms with van der Waals surface area (Å²) in [6.07, 6.45) is 0. The van der Waals surface area contributed by atoms with Gasteiger partial charge in [0, 0.05) is 19.0 Å². The van der Waals surface area contributed by atoms with Crippen molar-refractivity contribution in [1.29, 1.82) is 0 Å². The van der Waals surface area contributed by atoms with Crippen molar-refractivity contribution in [3.8, 4) is 11.5 Å². The number of fused-ring (bicyclic) bond motifs is 1. The molecule has 0 spiro atoms. The highest BCUT2D eigenvalue weighted by Gasteiger charge is 2.55. The summed E-state index contributed by atoms with van der Waals surface area (Å²) in [6, 6.07) is 5.85. The Morgan fingerprint density at radius 2 is 1.19 bits per heavy atom. The van der Waals surface area contributed by atoms with Gasteiger partial charge in [0.2, 0.25) is 0 Å². The number of halogens is 8. The Labute approximate surface area is 277 Å². The normalized spacial score (nSPS) is 18.6. The van der Waals surface area contributed by atoms with Gasteiger partial charge in [-0.15, -0.1) is 0 Å². The van der Waals surface area contributed by atoms with Gasteiger partial charge in [0.25, 0.3) is 10.1 Å². The third kappa shape index (κ3) is 5.41. The first kappa shape index (κ1) is 31.1. The molecule has 0 aromatic heterocycles.